The largest absolute Gasteiger partial charge is 0.491 e. The summed E-state index contributed by atoms with van der Waals surface area (Å²) in [7, 11) is 0. The molecule has 20 heavy (non-hydrogen) atoms. The van der Waals surface area contributed by atoms with E-state index in [2.05, 4.69) is 6.07 Å². The van der Waals surface area contributed by atoms with E-state index in [1.54, 1.807) is 0 Å². The molecule has 0 fully saturated rings. The predicted octanol–water partition coefficient (Wildman–Crippen LogP) is 5.07. The summed E-state index contributed by atoms with van der Waals surface area (Å²) in [5, 5.41) is 0.644. The maximum Gasteiger partial charge on any atom is 0.128 e. The molecule has 0 spiro atoms. The van der Waals surface area contributed by atoms with Crippen molar-refractivity contribution in [3.05, 3.63) is 59.1 Å². The first-order valence-electron chi connectivity index (χ1n) is 6.65. The van der Waals surface area contributed by atoms with Gasteiger partial charge in [-0.2, -0.15) is 0 Å². The maximum absolute atomic E-state index is 6.14. The van der Waals surface area contributed by atoms with Crippen molar-refractivity contribution in [3.8, 4) is 11.5 Å². The second-order valence-electron chi connectivity index (χ2n) is 4.87. The summed E-state index contributed by atoms with van der Waals surface area (Å²) < 4.78 is 11.5. The molecule has 0 N–H and O–H groups in total. The Kier molecular flexibility index (Phi) is 4.91. The highest BCUT2D eigenvalue weighted by Crippen LogP contribution is 2.28. The van der Waals surface area contributed by atoms with Crippen LogP contribution < -0.4 is 9.47 Å². The van der Waals surface area contributed by atoms with Gasteiger partial charge in [0.15, 0.2) is 0 Å². The summed E-state index contributed by atoms with van der Waals surface area (Å²) >= 11 is 6.14. The summed E-state index contributed by atoms with van der Waals surface area (Å²) in [6.07, 6.45) is -0.0122. The van der Waals surface area contributed by atoms with Crippen molar-refractivity contribution in [2.75, 3.05) is 0 Å². The summed E-state index contributed by atoms with van der Waals surface area (Å²) in [6, 6.07) is 16.2. The molecule has 0 heterocycles. The fourth-order valence-corrected chi connectivity index (χ4v) is 2.10. The minimum Gasteiger partial charge on any atom is -0.491 e. The molecule has 0 bridgehead atoms. The first-order valence-corrected chi connectivity index (χ1v) is 7.03. The Bertz CT molecular complexity index is 552. The lowest BCUT2D eigenvalue weighted by molar-refractivity contribution is 0.221. The van der Waals surface area contributed by atoms with Gasteiger partial charge in [0.25, 0.3) is 0 Å². The van der Waals surface area contributed by atoms with E-state index in [-0.39, 0.29) is 12.2 Å². The molecule has 2 rings (SSSR count). The Morgan fingerprint density at radius 2 is 1.85 bits per heavy atom. The van der Waals surface area contributed by atoms with Gasteiger partial charge in [-0.25, -0.2) is 0 Å². The first kappa shape index (κ1) is 14.7. The molecule has 0 saturated heterocycles. The third-order valence-electron chi connectivity index (χ3n) is 2.72. The Hall–Kier alpha value is -1.67. The zero-order valence-corrected chi connectivity index (χ0v) is 12.6. The van der Waals surface area contributed by atoms with Gasteiger partial charge in [0.2, 0.25) is 0 Å². The molecule has 1 radical (unpaired) electrons. The quantitative estimate of drug-likeness (QED) is 0.765. The van der Waals surface area contributed by atoms with Crippen LogP contribution in [-0.4, -0.2) is 6.10 Å². The second-order valence-corrected chi connectivity index (χ2v) is 5.31. The molecular formula is C17H18ClO2. The van der Waals surface area contributed by atoms with Crippen LogP contribution in [0, 0.1) is 6.07 Å². The monoisotopic (exact) mass is 289 g/mol. The molecule has 0 unspecified atom stereocenters. The molecule has 0 aromatic heterocycles. The number of halogens is 1. The van der Waals surface area contributed by atoms with Crippen molar-refractivity contribution >= 4 is 11.6 Å². The lowest BCUT2D eigenvalue weighted by atomic mass is 10.1. The van der Waals surface area contributed by atoms with Gasteiger partial charge in [0.05, 0.1) is 6.10 Å². The fourth-order valence-electron chi connectivity index (χ4n) is 1.87. The molecule has 105 valence electrons. The van der Waals surface area contributed by atoms with Gasteiger partial charge in [-0.1, -0.05) is 29.8 Å². The smallest absolute Gasteiger partial charge is 0.128 e. The van der Waals surface area contributed by atoms with Gasteiger partial charge in [-0.15, -0.1) is 0 Å². The van der Waals surface area contributed by atoms with Gasteiger partial charge in [-0.05, 0) is 50.6 Å². The van der Waals surface area contributed by atoms with Crippen molar-refractivity contribution in [1.82, 2.24) is 0 Å². The molecule has 3 heteroatoms. The van der Waals surface area contributed by atoms with Gasteiger partial charge >= 0.3 is 0 Å². The number of hydrogen-bond acceptors (Lipinski definition) is 2. The SMILES string of the molecule is CC(C)Oc1cc(Cl)cc([C@@H](C)Oc2[c]cccc2)c1. The number of benzene rings is 2. The van der Waals surface area contributed by atoms with Crippen LogP contribution in [0.2, 0.25) is 5.02 Å². The van der Waals surface area contributed by atoms with E-state index in [0.717, 1.165) is 11.3 Å². The van der Waals surface area contributed by atoms with Crippen LogP contribution >= 0.6 is 11.6 Å². The van der Waals surface area contributed by atoms with Crippen LogP contribution in [0.15, 0.2) is 42.5 Å². The highest BCUT2D eigenvalue weighted by atomic mass is 35.5. The van der Waals surface area contributed by atoms with Crippen molar-refractivity contribution < 1.29 is 9.47 Å². The first-order chi connectivity index (χ1) is 9.54. The highest BCUT2D eigenvalue weighted by Gasteiger charge is 2.11. The van der Waals surface area contributed by atoms with Crippen molar-refractivity contribution in [3.63, 3.8) is 0 Å². The molecule has 0 aliphatic rings. The molecule has 0 aliphatic heterocycles. The second kappa shape index (κ2) is 6.67. The van der Waals surface area contributed by atoms with Crippen LogP contribution in [0.1, 0.15) is 32.4 Å². The third-order valence-corrected chi connectivity index (χ3v) is 2.94. The Balaban J connectivity index is 2.16. The molecule has 0 amide bonds. The summed E-state index contributed by atoms with van der Waals surface area (Å²) in [6.45, 7) is 5.95. The molecule has 0 saturated carbocycles. The Morgan fingerprint density at radius 3 is 2.50 bits per heavy atom. The summed E-state index contributed by atoms with van der Waals surface area (Å²) in [5.41, 5.74) is 0.977. The van der Waals surface area contributed by atoms with E-state index in [1.165, 1.54) is 0 Å². The van der Waals surface area contributed by atoms with Gasteiger partial charge in [0, 0.05) is 11.1 Å². The molecular weight excluding hydrogens is 272 g/mol. The fraction of sp³-hybridized carbons (Fsp3) is 0.294. The minimum atomic E-state index is -0.123. The molecule has 2 aromatic carbocycles. The van der Waals surface area contributed by atoms with Gasteiger partial charge in [-0.3, -0.25) is 0 Å². The molecule has 0 aliphatic carbocycles. The predicted molar refractivity (Wildman–Crippen MR) is 81.5 cm³/mol. The van der Waals surface area contributed by atoms with Crippen LogP contribution in [0.4, 0.5) is 0 Å². The average Bonchev–Trinajstić information content (AvgIpc) is 2.38. The van der Waals surface area contributed by atoms with Gasteiger partial charge < -0.3 is 9.47 Å². The Morgan fingerprint density at radius 1 is 1.05 bits per heavy atom. The standard InChI is InChI=1S/C17H18ClO2/c1-12(2)19-17-10-14(9-15(18)11-17)13(3)20-16-7-5-4-6-8-16/h4-7,9-13H,1-3H3/t13-/m1/s1. The van der Waals surface area contributed by atoms with E-state index in [4.69, 9.17) is 21.1 Å². The average molecular weight is 290 g/mol. The topological polar surface area (TPSA) is 18.5 Å². The van der Waals surface area contributed by atoms with Crippen LogP contribution in [0.5, 0.6) is 11.5 Å². The molecule has 2 aromatic rings. The van der Waals surface area contributed by atoms with Crippen molar-refractivity contribution in [1.29, 1.82) is 0 Å². The van der Waals surface area contributed by atoms with E-state index < -0.39 is 0 Å². The number of para-hydroxylation sites is 1. The minimum absolute atomic E-state index is 0.111. The summed E-state index contributed by atoms with van der Waals surface area (Å²) in [4.78, 5) is 0. The van der Waals surface area contributed by atoms with Crippen LogP contribution in [0.25, 0.3) is 0 Å². The van der Waals surface area contributed by atoms with E-state index in [9.17, 15) is 0 Å². The van der Waals surface area contributed by atoms with Crippen molar-refractivity contribution in [2.45, 2.75) is 33.0 Å². The number of hydrogen-bond donors (Lipinski definition) is 0. The van der Waals surface area contributed by atoms with E-state index in [1.807, 2.05) is 63.2 Å². The highest BCUT2D eigenvalue weighted by molar-refractivity contribution is 6.30. The van der Waals surface area contributed by atoms with E-state index in [0.29, 0.717) is 10.8 Å². The van der Waals surface area contributed by atoms with Crippen LogP contribution in [-0.2, 0) is 0 Å². The third kappa shape index (κ3) is 4.17. The zero-order chi connectivity index (χ0) is 14.5. The normalized spacial score (nSPS) is 12.2. The Labute approximate surface area is 125 Å². The zero-order valence-electron chi connectivity index (χ0n) is 11.9. The van der Waals surface area contributed by atoms with Crippen molar-refractivity contribution in [2.24, 2.45) is 0 Å². The lowest BCUT2D eigenvalue weighted by Gasteiger charge is -2.17. The number of ether oxygens (including phenoxy) is 2. The summed E-state index contributed by atoms with van der Waals surface area (Å²) in [5.74, 6) is 1.47. The van der Waals surface area contributed by atoms with Gasteiger partial charge in [0.1, 0.15) is 17.6 Å². The van der Waals surface area contributed by atoms with Crippen LogP contribution in [0.3, 0.4) is 0 Å². The maximum atomic E-state index is 6.14. The lowest BCUT2D eigenvalue weighted by Crippen LogP contribution is -2.07. The van der Waals surface area contributed by atoms with E-state index >= 15 is 0 Å². The molecule has 1 atom stereocenters. The number of rotatable bonds is 5. The molecule has 2 nitrogen and oxygen atoms in total.